The first-order valence-corrected chi connectivity index (χ1v) is 12.9. The maximum absolute atomic E-state index is 12.6. The fourth-order valence-corrected chi connectivity index (χ4v) is 4.73. The van der Waals surface area contributed by atoms with Crippen molar-refractivity contribution in [1.82, 2.24) is 9.97 Å². The number of benzene rings is 3. The molecule has 0 atom stereocenters. The minimum absolute atomic E-state index is 0.0194. The maximum atomic E-state index is 12.6. The summed E-state index contributed by atoms with van der Waals surface area (Å²) in [7, 11) is 0. The predicted molar refractivity (Wildman–Crippen MR) is 146 cm³/mol. The molecule has 0 N–H and O–H groups in total. The summed E-state index contributed by atoms with van der Waals surface area (Å²) in [4.78, 5) is 33.6. The van der Waals surface area contributed by atoms with Crippen molar-refractivity contribution in [3.05, 3.63) is 108 Å². The second kappa shape index (κ2) is 10.2. The summed E-state index contributed by atoms with van der Waals surface area (Å²) in [5, 5.41) is 0.694. The molecular formula is C32H26N2O5. The summed E-state index contributed by atoms with van der Waals surface area (Å²) in [5.41, 5.74) is 4.85. The van der Waals surface area contributed by atoms with E-state index in [0.29, 0.717) is 23.3 Å². The van der Waals surface area contributed by atoms with Crippen LogP contribution in [0.4, 0.5) is 0 Å². The lowest BCUT2D eigenvalue weighted by Gasteiger charge is -2.14. The van der Waals surface area contributed by atoms with Crippen LogP contribution in [-0.4, -0.2) is 28.5 Å². The van der Waals surface area contributed by atoms with Gasteiger partial charge in [0.15, 0.2) is 5.76 Å². The molecule has 2 heterocycles. The van der Waals surface area contributed by atoms with Crippen molar-refractivity contribution in [2.24, 2.45) is 0 Å². The van der Waals surface area contributed by atoms with Crippen LogP contribution in [0.5, 0.6) is 0 Å². The van der Waals surface area contributed by atoms with E-state index in [1.54, 1.807) is 12.5 Å². The van der Waals surface area contributed by atoms with Gasteiger partial charge in [-0.05, 0) is 42.0 Å². The van der Waals surface area contributed by atoms with Gasteiger partial charge in [0.25, 0.3) is 0 Å². The van der Waals surface area contributed by atoms with Gasteiger partial charge < -0.3 is 13.9 Å². The molecule has 0 amide bonds. The number of hydrogen-bond acceptors (Lipinski definition) is 7. The van der Waals surface area contributed by atoms with Crippen LogP contribution in [0.3, 0.4) is 0 Å². The van der Waals surface area contributed by atoms with Crippen molar-refractivity contribution in [2.75, 3.05) is 6.61 Å². The molecule has 0 bridgehead atoms. The molecule has 0 unspecified atom stereocenters. The van der Waals surface area contributed by atoms with Crippen LogP contribution in [0.2, 0.25) is 0 Å². The largest absolute Gasteiger partial charge is 0.465 e. The lowest BCUT2D eigenvalue weighted by molar-refractivity contribution is -0.146. The van der Waals surface area contributed by atoms with Crippen LogP contribution in [0, 0.1) is 0 Å². The molecule has 0 radical (unpaired) electrons. The normalized spacial score (nSPS) is 13.7. The topological polar surface area (TPSA) is 91.5 Å². The number of aromatic nitrogens is 2. The van der Waals surface area contributed by atoms with Crippen molar-refractivity contribution >= 4 is 22.8 Å². The zero-order chi connectivity index (χ0) is 26.8. The van der Waals surface area contributed by atoms with Gasteiger partial charge in [0.05, 0.1) is 17.4 Å². The first-order valence-electron chi connectivity index (χ1n) is 12.9. The van der Waals surface area contributed by atoms with Crippen LogP contribution in [0.15, 0.2) is 95.7 Å². The Balaban J connectivity index is 1.20. The van der Waals surface area contributed by atoms with Gasteiger partial charge in [-0.2, -0.15) is 0 Å². The number of carbonyl (C=O) groups is 2. The van der Waals surface area contributed by atoms with Crippen molar-refractivity contribution in [2.45, 2.75) is 31.8 Å². The van der Waals surface area contributed by atoms with E-state index in [1.165, 1.54) is 0 Å². The third kappa shape index (κ3) is 4.79. The number of fused-ring (bicyclic) bond motifs is 1. The van der Waals surface area contributed by atoms with E-state index < -0.39 is 11.4 Å². The minimum Gasteiger partial charge on any atom is -0.465 e. The zero-order valence-corrected chi connectivity index (χ0v) is 21.4. The number of carbonyl (C=O) groups excluding carboxylic acids is 2. The van der Waals surface area contributed by atoms with Crippen LogP contribution in [-0.2, 0) is 26.3 Å². The molecule has 5 aromatic rings. The Kier molecular flexibility index (Phi) is 6.40. The van der Waals surface area contributed by atoms with E-state index >= 15 is 0 Å². The molecule has 0 spiro atoms. The lowest BCUT2D eigenvalue weighted by atomic mass is 9.93. The molecule has 7 heteroatoms. The molecule has 0 aliphatic heterocycles. The van der Waals surface area contributed by atoms with Crippen LogP contribution < -0.4 is 0 Å². The summed E-state index contributed by atoms with van der Waals surface area (Å²) < 4.78 is 16.5. The lowest BCUT2D eigenvalue weighted by Crippen LogP contribution is -2.23. The van der Waals surface area contributed by atoms with E-state index in [1.807, 2.05) is 85.8 Å². The molecule has 1 fully saturated rings. The van der Waals surface area contributed by atoms with Gasteiger partial charge in [0, 0.05) is 11.8 Å². The van der Waals surface area contributed by atoms with Gasteiger partial charge in [-0.25, -0.2) is 14.8 Å². The summed E-state index contributed by atoms with van der Waals surface area (Å²) in [5.74, 6) is -0.197. The number of nitrogens with zero attached hydrogens (tertiary/aromatic N) is 2. The quantitative estimate of drug-likeness (QED) is 0.216. The molecule has 1 aliphatic carbocycles. The molecule has 2 aromatic heterocycles. The van der Waals surface area contributed by atoms with Gasteiger partial charge in [-0.3, -0.25) is 4.79 Å². The Labute approximate surface area is 225 Å². The van der Waals surface area contributed by atoms with E-state index in [0.717, 1.165) is 40.7 Å². The molecular weight excluding hydrogens is 492 g/mol. The molecule has 6 rings (SSSR count). The summed E-state index contributed by atoms with van der Waals surface area (Å²) in [6.45, 7) is 2.37. The predicted octanol–water partition coefficient (Wildman–Crippen LogP) is 6.51. The van der Waals surface area contributed by atoms with Gasteiger partial charge in [0.2, 0.25) is 5.82 Å². The van der Waals surface area contributed by atoms with Crippen LogP contribution in [0.1, 0.15) is 41.5 Å². The third-order valence-electron chi connectivity index (χ3n) is 7.07. The summed E-state index contributed by atoms with van der Waals surface area (Å²) in [6.07, 6.45) is 4.79. The highest BCUT2D eigenvalue weighted by molar-refractivity contribution is 5.94. The smallest absolute Gasteiger partial charge is 0.376 e. The first-order chi connectivity index (χ1) is 19.1. The average Bonchev–Trinajstić information content (AvgIpc) is 3.70. The van der Waals surface area contributed by atoms with Gasteiger partial charge >= 0.3 is 11.9 Å². The molecule has 0 saturated heterocycles. The fraction of sp³-hybridized carbons (Fsp3) is 0.188. The Hall–Kier alpha value is -4.78. The highest BCUT2D eigenvalue weighted by atomic mass is 16.5. The third-order valence-corrected chi connectivity index (χ3v) is 7.07. The number of ether oxygens (including phenoxy) is 2. The summed E-state index contributed by atoms with van der Waals surface area (Å²) in [6, 6.07) is 25.5. The van der Waals surface area contributed by atoms with E-state index in [2.05, 4.69) is 9.97 Å². The van der Waals surface area contributed by atoms with Crippen molar-refractivity contribution in [3.63, 3.8) is 0 Å². The minimum atomic E-state index is -0.595. The second-order valence-electron chi connectivity index (χ2n) is 9.58. The summed E-state index contributed by atoms with van der Waals surface area (Å²) >= 11 is 0. The number of hydrogen-bond donors (Lipinski definition) is 0. The van der Waals surface area contributed by atoms with Crippen molar-refractivity contribution in [3.8, 4) is 22.5 Å². The molecule has 1 saturated carbocycles. The highest BCUT2D eigenvalue weighted by Crippen LogP contribution is 2.49. The van der Waals surface area contributed by atoms with Crippen LogP contribution >= 0.6 is 0 Å². The first kappa shape index (κ1) is 24.6. The Bertz CT molecular complexity index is 1640. The second-order valence-corrected chi connectivity index (χ2v) is 9.58. The van der Waals surface area contributed by atoms with E-state index in [4.69, 9.17) is 13.9 Å². The Morgan fingerprint density at radius 3 is 2.21 bits per heavy atom. The number of esters is 2. The fourth-order valence-electron chi connectivity index (χ4n) is 4.73. The molecule has 1 aliphatic rings. The number of rotatable bonds is 8. The van der Waals surface area contributed by atoms with Gasteiger partial charge in [0.1, 0.15) is 18.4 Å². The average molecular weight is 519 g/mol. The van der Waals surface area contributed by atoms with E-state index in [-0.39, 0.29) is 18.4 Å². The SMILES string of the molecule is CCOC(=O)C1(c2ccc(-c3ccc(-c4occ5cnc(C(=O)OCc6ccccc6)nc45)cc3)cc2)CC1. The Morgan fingerprint density at radius 2 is 1.54 bits per heavy atom. The molecule has 194 valence electrons. The molecule has 3 aromatic carbocycles. The van der Waals surface area contributed by atoms with Crippen molar-refractivity contribution in [1.29, 1.82) is 0 Å². The molecule has 7 nitrogen and oxygen atoms in total. The van der Waals surface area contributed by atoms with Gasteiger partial charge in [-0.15, -0.1) is 0 Å². The number of furan rings is 1. The standard InChI is InChI=1S/C32H26N2O5/c1-2-37-31(36)32(16-17-32)26-14-12-23(13-15-26)22-8-10-24(11-9-22)28-27-25(20-38-28)18-33-29(34-27)30(35)39-19-21-6-4-3-5-7-21/h3-15,18,20H,2,16-17,19H2,1H3. The maximum Gasteiger partial charge on any atom is 0.376 e. The monoisotopic (exact) mass is 518 g/mol. The molecule has 39 heavy (non-hydrogen) atoms. The van der Waals surface area contributed by atoms with Crippen molar-refractivity contribution < 1.29 is 23.5 Å². The van der Waals surface area contributed by atoms with Gasteiger partial charge in [-0.1, -0.05) is 78.9 Å². The zero-order valence-electron chi connectivity index (χ0n) is 21.4. The van der Waals surface area contributed by atoms with Crippen LogP contribution in [0.25, 0.3) is 33.4 Å². The Morgan fingerprint density at radius 1 is 0.872 bits per heavy atom. The van der Waals surface area contributed by atoms with E-state index in [9.17, 15) is 9.59 Å². The highest BCUT2D eigenvalue weighted by Gasteiger charge is 2.52.